The predicted molar refractivity (Wildman–Crippen MR) is 76.2 cm³/mol. The molecule has 116 valence electrons. The molecule has 2 rings (SSSR count). The lowest BCUT2D eigenvalue weighted by Crippen LogP contribution is -2.39. The van der Waals surface area contributed by atoms with Crippen LogP contribution in [0.4, 0.5) is 10.7 Å². The van der Waals surface area contributed by atoms with Crippen molar-refractivity contribution in [2.75, 3.05) is 12.4 Å². The van der Waals surface area contributed by atoms with E-state index in [1.807, 2.05) is 6.92 Å². The van der Waals surface area contributed by atoms with E-state index in [1.54, 1.807) is 0 Å². The van der Waals surface area contributed by atoms with E-state index >= 15 is 0 Å². The van der Waals surface area contributed by atoms with Crippen molar-refractivity contribution in [1.82, 2.24) is 10.5 Å². The van der Waals surface area contributed by atoms with Gasteiger partial charge in [0.1, 0.15) is 11.3 Å². The highest BCUT2D eigenvalue weighted by atomic mass is 16.5. The zero-order valence-corrected chi connectivity index (χ0v) is 12.4. The van der Waals surface area contributed by atoms with Crippen molar-refractivity contribution in [2.45, 2.75) is 51.5 Å². The number of anilines is 1. The third-order valence-electron chi connectivity index (χ3n) is 3.65. The fraction of sp³-hybridized carbons (Fsp3) is 0.643. The van der Waals surface area contributed by atoms with Gasteiger partial charge in [-0.25, -0.2) is 9.59 Å². The van der Waals surface area contributed by atoms with Crippen molar-refractivity contribution in [3.63, 3.8) is 0 Å². The van der Waals surface area contributed by atoms with Crippen molar-refractivity contribution in [3.8, 4) is 0 Å². The Morgan fingerprint density at radius 2 is 2.05 bits per heavy atom. The van der Waals surface area contributed by atoms with Crippen LogP contribution in [0.2, 0.25) is 0 Å². The van der Waals surface area contributed by atoms with Crippen LogP contribution in [-0.2, 0) is 11.2 Å². The molecular formula is C14H21N3O4. The SMILES string of the molecule is CCc1noc(NC(=O)NC2CCCCC2)c1C(=O)OC. The Bertz CT molecular complexity index is 506. The normalized spacial score (nSPS) is 15.5. The monoisotopic (exact) mass is 295 g/mol. The highest BCUT2D eigenvalue weighted by molar-refractivity contribution is 5.99. The molecule has 1 aliphatic rings. The van der Waals surface area contributed by atoms with E-state index in [-0.39, 0.29) is 23.5 Å². The van der Waals surface area contributed by atoms with Gasteiger partial charge in [-0.1, -0.05) is 31.3 Å². The van der Waals surface area contributed by atoms with Crippen LogP contribution in [0.15, 0.2) is 4.52 Å². The van der Waals surface area contributed by atoms with Crippen molar-refractivity contribution >= 4 is 17.9 Å². The standard InChI is InChI=1S/C14H21N3O4/c1-3-10-11(13(18)20-2)12(21-17-10)16-14(19)15-9-7-5-4-6-8-9/h9H,3-8H2,1-2H3,(H2,15,16,19). The van der Waals surface area contributed by atoms with Crippen LogP contribution >= 0.6 is 0 Å². The molecule has 7 nitrogen and oxygen atoms in total. The second-order valence-electron chi connectivity index (χ2n) is 5.11. The molecular weight excluding hydrogens is 274 g/mol. The second kappa shape index (κ2) is 7.10. The van der Waals surface area contributed by atoms with Crippen LogP contribution in [0.5, 0.6) is 0 Å². The fourth-order valence-electron chi connectivity index (χ4n) is 2.53. The zero-order chi connectivity index (χ0) is 15.2. The summed E-state index contributed by atoms with van der Waals surface area (Å²) in [6, 6.07) is -0.209. The van der Waals surface area contributed by atoms with Crippen LogP contribution < -0.4 is 10.6 Å². The van der Waals surface area contributed by atoms with Gasteiger partial charge >= 0.3 is 12.0 Å². The van der Waals surface area contributed by atoms with Gasteiger partial charge in [-0.05, 0) is 19.3 Å². The van der Waals surface area contributed by atoms with E-state index < -0.39 is 5.97 Å². The zero-order valence-electron chi connectivity index (χ0n) is 12.4. The molecule has 1 aromatic heterocycles. The molecule has 0 aromatic carbocycles. The average Bonchev–Trinajstić information content (AvgIpc) is 2.90. The van der Waals surface area contributed by atoms with Gasteiger partial charge in [0.2, 0.25) is 5.88 Å². The number of ether oxygens (including phenoxy) is 1. The number of nitrogens with one attached hydrogen (secondary N) is 2. The van der Waals surface area contributed by atoms with E-state index in [1.165, 1.54) is 13.5 Å². The number of esters is 1. The van der Waals surface area contributed by atoms with Gasteiger partial charge in [0, 0.05) is 6.04 Å². The summed E-state index contributed by atoms with van der Waals surface area (Å²) in [5, 5.41) is 9.22. The smallest absolute Gasteiger partial charge is 0.345 e. The van der Waals surface area contributed by atoms with Crippen LogP contribution in [0, 0.1) is 0 Å². The number of nitrogens with zero attached hydrogens (tertiary/aromatic N) is 1. The second-order valence-corrected chi connectivity index (χ2v) is 5.11. The molecule has 0 bridgehead atoms. The van der Waals surface area contributed by atoms with Crippen LogP contribution in [0.3, 0.4) is 0 Å². The maximum Gasteiger partial charge on any atom is 0.345 e. The number of aromatic nitrogens is 1. The molecule has 21 heavy (non-hydrogen) atoms. The predicted octanol–water partition coefficient (Wildman–Crippen LogP) is 2.48. The van der Waals surface area contributed by atoms with E-state index in [2.05, 4.69) is 15.8 Å². The molecule has 7 heteroatoms. The number of amides is 2. The number of carbonyl (C=O) groups is 2. The summed E-state index contributed by atoms with van der Waals surface area (Å²) in [6.45, 7) is 1.84. The third-order valence-corrected chi connectivity index (χ3v) is 3.65. The molecule has 1 heterocycles. The molecule has 1 fully saturated rings. The van der Waals surface area contributed by atoms with Gasteiger partial charge in [-0.2, -0.15) is 0 Å². The molecule has 1 saturated carbocycles. The molecule has 2 N–H and O–H groups in total. The summed E-state index contributed by atoms with van der Waals surface area (Å²) >= 11 is 0. The van der Waals surface area contributed by atoms with Gasteiger partial charge in [-0.3, -0.25) is 5.32 Å². The fourth-order valence-corrected chi connectivity index (χ4v) is 2.53. The number of hydrogen-bond donors (Lipinski definition) is 2. The maximum absolute atomic E-state index is 12.0. The largest absolute Gasteiger partial charge is 0.465 e. The molecule has 0 aliphatic heterocycles. The summed E-state index contributed by atoms with van der Waals surface area (Å²) in [5.41, 5.74) is 0.647. The minimum Gasteiger partial charge on any atom is -0.465 e. The van der Waals surface area contributed by atoms with Gasteiger partial charge < -0.3 is 14.6 Å². The molecule has 1 aliphatic carbocycles. The van der Waals surface area contributed by atoms with Crippen molar-refractivity contribution in [2.24, 2.45) is 0 Å². The lowest BCUT2D eigenvalue weighted by Gasteiger charge is -2.22. The summed E-state index contributed by atoms with van der Waals surface area (Å²) in [4.78, 5) is 23.7. The summed E-state index contributed by atoms with van der Waals surface area (Å²) in [5.74, 6) is -0.534. The quantitative estimate of drug-likeness (QED) is 0.832. The number of carbonyl (C=O) groups excluding carboxylic acids is 2. The lowest BCUT2D eigenvalue weighted by molar-refractivity contribution is 0.0600. The molecule has 2 amide bonds. The topological polar surface area (TPSA) is 93.5 Å². The highest BCUT2D eigenvalue weighted by Gasteiger charge is 2.25. The minimum atomic E-state index is -0.568. The lowest BCUT2D eigenvalue weighted by atomic mass is 9.96. The molecule has 0 saturated heterocycles. The summed E-state index contributed by atoms with van der Waals surface area (Å²) in [6.07, 6.45) is 5.94. The first-order valence-electron chi connectivity index (χ1n) is 7.30. The van der Waals surface area contributed by atoms with Gasteiger partial charge in [0.15, 0.2) is 0 Å². The van der Waals surface area contributed by atoms with Crippen LogP contribution in [-0.4, -0.2) is 30.3 Å². The van der Waals surface area contributed by atoms with Crippen molar-refractivity contribution in [3.05, 3.63) is 11.3 Å². The van der Waals surface area contributed by atoms with Gasteiger partial charge in [-0.15, -0.1) is 0 Å². The molecule has 1 aromatic rings. The Kier molecular flexibility index (Phi) is 5.19. The molecule has 0 radical (unpaired) electrons. The van der Waals surface area contributed by atoms with E-state index in [0.717, 1.165) is 25.7 Å². The Hall–Kier alpha value is -2.05. The molecule has 0 unspecified atom stereocenters. The Balaban J connectivity index is 2.03. The number of methoxy groups -OCH3 is 1. The highest BCUT2D eigenvalue weighted by Crippen LogP contribution is 2.22. The van der Waals surface area contributed by atoms with Crippen molar-refractivity contribution in [1.29, 1.82) is 0 Å². The minimum absolute atomic E-state index is 0.0343. The first kappa shape index (κ1) is 15.3. The third kappa shape index (κ3) is 3.74. The Morgan fingerprint density at radius 3 is 2.67 bits per heavy atom. The average molecular weight is 295 g/mol. The first-order valence-corrected chi connectivity index (χ1v) is 7.30. The summed E-state index contributed by atoms with van der Waals surface area (Å²) < 4.78 is 9.75. The van der Waals surface area contributed by atoms with Crippen LogP contribution in [0.25, 0.3) is 0 Å². The Labute approximate surface area is 123 Å². The number of urea groups is 1. The van der Waals surface area contributed by atoms with E-state index in [9.17, 15) is 9.59 Å². The van der Waals surface area contributed by atoms with Crippen molar-refractivity contribution < 1.29 is 18.8 Å². The first-order chi connectivity index (χ1) is 10.2. The van der Waals surface area contributed by atoms with E-state index in [0.29, 0.717) is 12.1 Å². The molecule has 0 atom stereocenters. The number of rotatable bonds is 4. The Morgan fingerprint density at radius 1 is 1.33 bits per heavy atom. The van der Waals surface area contributed by atoms with E-state index in [4.69, 9.17) is 9.26 Å². The van der Waals surface area contributed by atoms with Gasteiger partial charge in [0.25, 0.3) is 0 Å². The van der Waals surface area contributed by atoms with Crippen LogP contribution in [0.1, 0.15) is 55.1 Å². The summed E-state index contributed by atoms with van der Waals surface area (Å²) in [7, 11) is 1.28. The molecule has 0 spiro atoms. The van der Waals surface area contributed by atoms with Gasteiger partial charge in [0.05, 0.1) is 7.11 Å². The number of aryl methyl sites for hydroxylation is 1. The number of hydrogen-bond acceptors (Lipinski definition) is 5. The maximum atomic E-state index is 12.0.